The van der Waals surface area contributed by atoms with Gasteiger partial charge in [0.2, 0.25) is 8.32 Å². The fourth-order valence-corrected chi connectivity index (χ4v) is 2.72. The van der Waals surface area contributed by atoms with Crippen molar-refractivity contribution in [1.29, 1.82) is 0 Å². The lowest BCUT2D eigenvalue weighted by molar-refractivity contribution is -0.136. The van der Waals surface area contributed by atoms with E-state index in [9.17, 15) is 4.79 Å². The van der Waals surface area contributed by atoms with Crippen molar-refractivity contribution >= 4 is 14.3 Å². The van der Waals surface area contributed by atoms with Gasteiger partial charge in [0.1, 0.15) is 0 Å². The van der Waals surface area contributed by atoms with Gasteiger partial charge in [-0.25, -0.2) is 0 Å². The maximum atomic E-state index is 12.0. The van der Waals surface area contributed by atoms with Crippen LogP contribution in [0.3, 0.4) is 0 Å². The van der Waals surface area contributed by atoms with Crippen LogP contribution in [-0.2, 0) is 15.6 Å². The lowest BCUT2D eigenvalue weighted by Gasteiger charge is -2.21. The summed E-state index contributed by atoms with van der Waals surface area (Å²) in [6.07, 6.45) is 1.08. The highest BCUT2D eigenvalue weighted by Gasteiger charge is 2.24. The second-order valence-corrected chi connectivity index (χ2v) is 11.0. The number of hydrogen-bond acceptors (Lipinski definition) is 2. The van der Waals surface area contributed by atoms with Gasteiger partial charge in [0.25, 0.3) is 5.97 Å². The third-order valence-electron chi connectivity index (χ3n) is 2.88. The third-order valence-corrected chi connectivity index (χ3v) is 3.70. The van der Waals surface area contributed by atoms with Gasteiger partial charge in [-0.3, -0.25) is 4.79 Å². The SMILES string of the molecule is CC(C)Cc1ccc(C(C)C(=O)O[Si](C)(C)C)cc1. The summed E-state index contributed by atoms with van der Waals surface area (Å²) in [6.45, 7) is 12.4. The molecule has 0 fully saturated rings. The molecule has 0 N–H and O–H groups in total. The minimum Gasteiger partial charge on any atom is -0.519 e. The highest BCUT2D eigenvalue weighted by molar-refractivity contribution is 6.71. The van der Waals surface area contributed by atoms with Gasteiger partial charge < -0.3 is 4.43 Å². The largest absolute Gasteiger partial charge is 0.519 e. The minimum atomic E-state index is -1.80. The van der Waals surface area contributed by atoms with Gasteiger partial charge in [-0.2, -0.15) is 0 Å². The molecule has 106 valence electrons. The molecular formula is C16H26O2Si. The van der Waals surface area contributed by atoms with Gasteiger partial charge in [0, 0.05) is 0 Å². The molecule has 0 saturated heterocycles. The average molecular weight is 278 g/mol. The summed E-state index contributed by atoms with van der Waals surface area (Å²) in [5, 5.41) is 0. The van der Waals surface area contributed by atoms with Crippen molar-refractivity contribution in [2.45, 2.75) is 52.8 Å². The second kappa shape index (κ2) is 6.37. The van der Waals surface area contributed by atoms with Crippen LogP contribution in [0.25, 0.3) is 0 Å². The van der Waals surface area contributed by atoms with Gasteiger partial charge >= 0.3 is 0 Å². The van der Waals surface area contributed by atoms with Crippen LogP contribution in [0, 0.1) is 5.92 Å². The molecule has 1 atom stereocenters. The van der Waals surface area contributed by atoms with Crippen LogP contribution in [0.5, 0.6) is 0 Å². The highest BCUT2D eigenvalue weighted by atomic mass is 28.4. The predicted octanol–water partition coefficient (Wildman–Crippen LogP) is 4.37. The zero-order valence-electron chi connectivity index (χ0n) is 13.0. The highest BCUT2D eigenvalue weighted by Crippen LogP contribution is 2.20. The van der Waals surface area contributed by atoms with Gasteiger partial charge in [-0.1, -0.05) is 38.1 Å². The van der Waals surface area contributed by atoms with Crippen LogP contribution in [0.2, 0.25) is 19.6 Å². The van der Waals surface area contributed by atoms with Crippen molar-refractivity contribution in [3.05, 3.63) is 35.4 Å². The Labute approximate surface area is 118 Å². The Morgan fingerprint density at radius 1 is 1.11 bits per heavy atom. The molecule has 0 aliphatic rings. The number of carbonyl (C=O) groups is 1. The first-order valence-corrected chi connectivity index (χ1v) is 10.4. The zero-order chi connectivity index (χ0) is 14.6. The average Bonchev–Trinajstić information content (AvgIpc) is 2.26. The molecule has 1 aromatic carbocycles. The summed E-state index contributed by atoms with van der Waals surface area (Å²) in [7, 11) is -1.80. The lowest BCUT2D eigenvalue weighted by Crippen LogP contribution is -2.31. The number of hydrogen-bond donors (Lipinski definition) is 0. The van der Waals surface area contributed by atoms with E-state index in [4.69, 9.17) is 4.43 Å². The van der Waals surface area contributed by atoms with E-state index in [1.807, 2.05) is 38.7 Å². The molecule has 0 spiro atoms. The van der Waals surface area contributed by atoms with Crippen LogP contribution in [0.4, 0.5) is 0 Å². The topological polar surface area (TPSA) is 26.3 Å². The smallest absolute Gasteiger partial charge is 0.299 e. The fourth-order valence-electron chi connectivity index (χ4n) is 1.94. The van der Waals surface area contributed by atoms with Crippen molar-refractivity contribution in [3.63, 3.8) is 0 Å². The predicted molar refractivity (Wildman–Crippen MR) is 82.8 cm³/mol. The van der Waals surface area contributed by atoms with E-state index in [0.717, 1.165) is 12.0 Å². The summed E-state index contributed by atoms with van der Waals surface area (Å²) in [5.41, 5.74) is 2.36. The van der Waals surface area contributed by atoms with Crippen LogP contribution < -0.4 is 0 Å². The van der Waals surface area contributed by atoms with E-state index in [2.05, 4.69) is 26.0 Å². The molecule has 0 radical (unpaired) electrons. The van der Waals surface area contributed by atoms with E-state index < -0.39 is 8.32 Å². The zero-order valence-corrected chi connectivity index (χ0v) is 14.0. The summed E-state index contributed by atoms with van der Waals surface area (Å²) < 4.78 is 5.55. The Morgan fingerprint density at radius 2 is 1.63 bits per heavy atom. The van der Waals surface area contributed by atoms with E-state index in [1.165, 1.54) is 5.56 Å². The van der Waals surface area contributed by atoms with E-state index in [0.29, 0.717) is 5.92 Å². The van der Waals surface area contributed by atoms with Crippen molar-refractivity contribution in [2.24, 2.45) is 5.92 Å². The van der Waals surface area contributed by atoms with E-state index >= 15 is 0 Å². The van der Waals surface area contributed by atoms with Crippen molar-refractivity contribution < 1.29 is 9.22 Å². The summed E-state index contributed by atoms with van der Waals surface area (Å²) in [6, 6.07) is 8.34. The minimum absolute atomic E-state index is 0.101. The van der Waals surface area contributed by atoms with E-state index in [-0.39, 0.29) is 11.9 Å². The Balaban J connectivity index is 2.72. The Bertz CT molecular complexity index is 415. The number of carbonyl (C=O) groups excluding carboxylic acids is 1. The Hall–Kier alpha value is -1.09. The molecule has 1 unspecified atom stereocenters. The molecule has 2 nitrogen and oxygen atoms in total. The maximum Gasteiger partial charge on any atom is 0.299 e. The van der Waals surface area contributed by atoms with Gasteiger partial charge in [0.15, 0.2) is 0 Å². The molecule has 0 bridgehead atoms. The number of rotatable bonds is 5. The molecule has 1 rings (SSSR count). The van der Waals surface area contributed by atoms with Gasteiger partial charge in [-0.05, 0) is 50.0 Å². The Kier molecular flexibility index (Phi) is 5.35. The molecule has 0 aliphatic carbocycles. The van der Waals surface area contributed by atoms with Crippen LogP contribution in [-0.4, -0.2) is 14.3 Å². The standard InChI is InChI=1S/C16H26O2Si/c1-12(2)11-14-7-9-15(10-8-14)13(3)16(17)18-19(4,5)6/h7-10,12-13H,11H2,1-6H3. The van der Waals surface area contributed by atoms with Crippen molar-refractivity contribution in [1.82, 2.24) is 0 Å². The van der Waals surface area contributed by atoms with Crippen LogP contribution >= 0.6 is 0 Å². The second-order valence-electron chi connectivity index (χ2n) is 6.59. The number of benzene rings is 1. The molecule has 0 heterocycles. The molecule has 0 amide bonds. The first kappa shape index (κ1) is 16.0. The molecule has 0 saturated carbocycles. The quantitative estimate of drug-likeness (QED) is 0.748. The van der Waals surface area contributed by atoms with Crippen LogP contribution in [0.15, 0.2) is 24.3 Å². The maximum absolute atomic E-state index is 12.0. The summed E-state index contributed by atoms with van der Waals surface area (Å²) >= 11 is 0. The van der Waals surface area contributed by atoms with Crippen LogP contribution in [0.1, 0.15) is 37.8 Å². The van der Waals surface area contributed by atoms with Crippen molar-refractivity contribution in [3.8, 4) is 0 Å². The molecule has 1 aromatic rings. The first-order valence-electron chi connectivity index (χ1n) is 7.00. The van der Waals surface area contributed by atoms with E-state index in [1.54, 1.807) is 0 Å². The normalized spacial score (nSPS) is 13.4. The van der Waals surface area contributed by atoms with Gasteiger partial charge in [0.05, 0.1) is 5.92 Å². The van der Waals surface area contributed by atoms with Crippen molar-refractivity contribution in [2.75, 3.05) is 0 Å². The van der Waals surface area contributed by atoms with Gasteiger partial charge in [-0.15, -0.1) is 0 Å². The summed E-state index contributed by atoms with van der Waals surface area (Å²) in [4.78, 5) is 12.0. The molecule has 19 heavy (non-hydrogen) atoms. The fraction of sp³-hybridized carbons (Fsp3) is 0.562. The first-order chi connectivity index (χ1) is 8.69. The molecule has 0 aliphatic heterocycles. The molecule has 3 heteroatoms. The monoisotopic (exact) mass is 278 g/mol. The third kappa shape index (κ3) is 5.60. The molecule has 0 aromatic heterocycles. The summed E-state index contributed by atoms with van der Waals surface area (Å²) in [5.74, 6) is 0.371. The molecular weight excluding hydrogens is 252 g/mol. The lowest BCUT2D eigenvalue weighted by atomic mass is 9.97. The Morgan fingerprint density at radius 3 is 2.05 bits per heavy atom.